The summed E-state index contributed by atoms with van der Waals surface area (Å²) < 4.78 is 0. The van der Waals surface area contributed by atoms with Gasteiger partial charge in [-0.05, 0) is 37.8 Å². The Kier molecular flexibility index (Phi) is 4.01. The molecule has 0 aromatic heterocycles. The monoisotopic (exact) mass is 289 g/mol. The van der Waals surface area contributed by atoms with E-state index in [4.69, 9.17) is 0 Å². The third kappa shape index (κ3) is 3.29. The molecule has 3 rings (SSSR count). The van der Waals surface area contributed by atoms with E-state index in [-0.39, 0.29) is 18.1 Å². The number of nitrogens with one attached hydrogen (secondary N) is 2. The first kappa shape index (κ1) is 14.2. The fraction of sp³-hybridized carbons (Fsp3) is 0.562. The number of rotatable bonds is 5. The molecule has 1 aromatic rings. The Bertz CT molecular complexity index is 508. The van der Waals surface area contributed by atoms with Gasteiger partial charge in [0.25, 0.3) is 0 Å². The fourth-order valence-corrected chi connectivity index (χ4v) is 2.81. The molecule has 3 N–H and O–H groups in total. The molecule has 0 bridgehead atoms. The number of hydrogen-bond donors (Lipinski definition) is 3. The van der Waals surface area contributed by atoms with E-state index in [1.165, 1.54) is 12.8 Å². The van der Waals surface area contributed by atoms with Crippen molar-refractivity contribution in [1.82, 2.24) is 5.32 Å². The van der Waals surface area contributed by atoms with E-state index in [9.17, 15) is 9.90 Å². The van der Waals surface area contributed by atoms with Gasteiger partial charge in [0, 0.05) is 25.0 Å². The first-order chi connectivity index (χ1) is 10.2. The molecular formula is C16H23N3O2. The molecule has 0 spiro atoms. The lowest BCUT2D eigenvalue weighted by Crippen LogP contribution is -2.35. The van der Waals surface area contributed by atoms with Crippen LogP contribution >= 0.6 is 0 Å². The fourth-order valence-electron chi connectivity index (χ4n) is 2.81. The Hall–Kier alpha value is -1.75. The molecule has 2 fully saturated rings. The molecule has 0 radical (unpaired) electrons. The molecule has 5 nitrogen and oxygen atoms in total. The van der Waals surface area contributed by atoms with Gasteiger partial charge in [0.2, 0.25) is 0 Å². The average Bonchev–Trinajstić information content (AvgIpc) is 3.09. The van der Waals surface area contributed by atoms with E-state index in [1.54, 1.807) is 0 Å². The van der Waals surface area contributed by atoms with Gasteiger partial charge >= 0.3 is 6.03 Å². The molecule has 1 aliphatic carbocycles. The summed E-state index contributed by atoms with van der Waals surface area (Å²) in [4.78, 5) is 14.4. The van der Waals surface area contributed by atoms with Crippen LogP contribution in [0.1, 0.15) is 25.7 Å². The van der Waals surface area contributed by atoms with Gasteiger partial charge in [-0.2, -0.15) is 0 Å². The minimum absolute atomic E-state index is 0.0637. The van der Waals surface area contributed by atoms with Crippen molar-refractivity contribution in [1.29, 1.82) is 0 Å². The standard InChI is InChI=1S/C16H23N3O2/c20-12-16(7-8-16)11-17-15(21)18-13-5-1-2-6-14(13)19-9-3-4-10-19/h1-2,5-6,20H,3-4,7-12H2,(H2,17,18,21). The molecule has 1 heterocycles. The zero-order chi connectivity index (χ0) is 14.7. The number of amides is 2. The Morgan fingerprint density at radius 2 is 1.95 bits per heavy atom. The van der Waals surface area contributed by atoms with E-state index >= 15 is 0 Å². The number of aliphatic hydroxyl groups is 1. The summed E-state index contributed by atoms with van der Waals surface area (Å²) >= 11 is 0. The molecule has 1 saturated heterocycles. The molecule has 1 saturated carbocycles. The second kappa shape index (κ2) is 5.93. The highest BCUT2D eigenvalue weighted by molar-refractivity contribution is 5.93. The predicted molar refractivity (Wildman–Crippen MR) is 83.7 cm³/mol. The van der Waals surface area contributed by atoms with Gasteiger partial charge in [-0.3, -0.25) is 0 Å². The predicted octanol–water partition coefficient (Wildman–Crippen LogP) is 2.18. The van der Waals surface area contributed by atoms with E-state index in [2.05, 4.69) is 21.6 Å². The van der Waals surface area contributed by atoms with Crippen LogP contribution in [0.2, 0.25) is 0 Å². The lowest BCUT2D eigenvalue weighted by Gasteiger charge is -2.22. The lowest BCUT2D eigenvalue weighted by molar-refractivity contribution is 0.206. The molecule has 2 amide bonds. The minimum Gasteiger partial charge on any atom is -0.396 e. The van der Waals surface area contributed by atoms with Crippen LogP contribution in [-0.2, 0) is 0 Å². The third-order valence-electron chi connectivity index (χ3n) is 4.52. The zero-order valence-corrected chi connectivity index (χ0v) is 12.3. The van der Waals surface area contributed by atoms with Crippen molar-refractivity contribution in [2.24, 2.45) is 5.41 Å². The summed E-state index contributed by atoms with van der Waals surface area (Å²) in [6.07, 6.45) is 4.40. The van der Waals surface area contributed by atoms with Crippen LogP contribution in [-0.4, -0.2) is 37.4 Å². The second-order valence-corrected chi connectivity index (χ2v) is 6.18. The van der Waals surface area contributed by atoms with E-state index in [0.717, 1.165) is 37.3 Å². The minimum atomic E-state index is -0.193. The van der Waals surface area contributed by atoms with Crippen molar-refractivity contribution < 1.29 is 9.90 Å². The Labute approximate surface area is 125 Å². The Balaban J connectivity index is 1.60. The molecule has 1 aromatic carbocycles. The Morgan fingerprint density at radius 1 is 1.24 bits per heavy atom. The second-order valence-electron chi connectivity index (χ2n) is 6.18. The molecule has 2 aliphatic rings. The number of carbonyl (C=O) groups excluding carboxylic acids is 1. The van der Waals surface area contributed by atoms with Crippen LogP contribution < -0.4 is 15.5 Å². The number of carbonyl (C=O) groups is 1. The molecule has 0 unspecified atom stereocenters. The number of aliphatic hydroxyl groups excluding tert-OH is 1. The maximum atomic E-state index is 12.0. The number of urea groups is 1. The van der Waals surface area contributed by atoms with Crippen LogP contribution in [0, 0.1) is 5.41 Å². The van der Waals surface area contributed by atoms with Crippen molar-refractivity contribution in [2.45, 2.75) is 25.7 Å². The summed E-state index contributed by atoms with van der Waals surface area (Å²) in [5, 5.41) is 15.1. The van der Waals surface area contributed by atoms with Crippen molar-refractivity contribution in [2.75, 3.05) is 36.5 Å². The summed E-state index contributed by atoms with van der Waals surface area (Å²) in [5.41, 5.74) is 1.88. The first-order valence-electron chi connectivity index (χ1n) is 7.72. The van der Waals surface area contributed by atoms with Crippen LogP contribution in [0.3, 0.4) is 0 Å². The number of anilines is 2. The van der Waals surface area contributed by atoms with Crippen LogP contribution in [0.25, 0.3) is 0 Å². The smallest absolute Gasteiger partial charge is 0.319 e. The quantitative estimate of drug-likeness (QED) is 0.778. The highest BCUT2D eigenvalue weighted by atomic mass is 16.3. The van der Waals surface area contributed by atoms with Gasteiger partial charge in [-0.25, -0.2) is 4.79 Å². The summed E-state index contributed by atoms with van der Waals surface area (Å²) in [6, 6.07) is 7.73. The van der Waals surface area contributed by atoms with E-state index in [1.807, 2.05) is 18.2 Å². The van der Waals surface area contributed by atoms with Crippen molar-refractivity contribution in [3.05, 3.63) is 24.3 Å². The number of hydrogen-bond acceptors (Lipinski definition) is 3. The molecule has 5 heteroatoms. The molecule has 1 aliphatic heterocycles. The van der Waals surface area contributed by atoms with Gasteiger partial charge < -0.3 is 20.6 Å². The van der Waals surface area contributed by atoms with Crippen molar-refractivity contribution in [3.8, 4) is 0 Å². The third-order valence-corrected chi connectivity index (χ3v) is 4.52. The van der Waals surface area contributed by atoms with Crippen molar-refractivity contribution >= 4 is 17.4 Å². The highest BCUT2D eigenvalue weighted by Gasteiger charge is 2.42. The van der Waals surface area contributed by atoms with Gasteiger partial charge in [0.05, 0.1) is 18.0 Å². The van der Waals surface area contributed by atoms with Crippen LogP contribution in [0.15, 0.2) is 24.3 Å². The van der Waals surface area contributed by atoms with Gasteiger partial charge in [0.1, 0.15) is 0 Å². The van der Waals surface area contributed by atoms with E-state index in [0.29, 0.717) is 6.54 Å². The topological polar surface area (TPSA) is 64.6 Å². The highest BCUT2D eigenvalue weighted by Crippen LogP contribution is 2.44. The number of para-hydroxylation sites is 2. The zero-order valence-electron chi connectivity index (χ0n) is 12.3. The van der Waals surface area contributed by atoms with Gasteiger partial charge in [-0.1, -0.05) is 12.1 Å². The summed E-state index contributed by atoms with van der Waals surface area (Å²) in [6.45, 7) is 2.79. The lowest BCUT2D eigenvalue weighted by atomic mass is 10.1. The maximum absolute atomic E-state index is 12.0. The van der Waals surface area contributed by atoms with E-state index < -0.39 is 0 Å². The largest absolute Gasteiger partial charge is 0.396 e. The maximum Gasteiger partial charge on any atom is 0.319 e. The number of nitrogens with zero attached hydrogens (tertiary/aromatic N) is 1. The van der Waals surface area contributed by atoms with Gasteiger partial charge in [-0.15, -0.1) is 0 Å². The molecule has 114 valence electrons. The molecule has 21 heavy (non-hydrogen) atoms. The van der Waals surface area contributed by atoms with Crippen LogP contribution in [0.5, 0.6) is 0 Å². The number of benzene rings is 1. The average molecular weight is 289 g/mol. The van der Waals surface area contributed by atoms with Crippen LogP contribution in [0.4, 0.5) is 16.2 Å². The van der Waals surface area contributed by atoms with Crippen molar-refractivity contribution in [3.63, 3.8) is 0 Å². The Morgan fingerprint density at radius 3 is 2.62 bits per heavy atom. The molecular weight excluding hydrogens is 266 g/mol. The molecule has 0 atom stereocenters. The first-order valence-corrected chi connectivity index (χ1v) is 7.72. The SMILES string of the molecule is O=C(NCC1(CO)CC1)Nc1ccccc1N1CCCC1. The van der Waals surface area contributed by atoms with Gasteiger partial charge in [0.15, 0.2) is 0 Å². The summed E-state index contributed by atoms with van der Waals surface area (Å²) in [7, 11) is 0. The summed E-state index contributed by atoms with van der Waals surface area (Å²) in [5.74, 6) is 0. The normalized spacial score (nSPS) is 19.4.